The summed E-state index contributed by atoms with van der Waals surface area (Å²) in [5.41, 5.74) is 0.391. The molecule has 1 saturated carbocycles. The van der Waals surface area contributed by atoms with Crippen LogP contribution in [0.3, 0.4) is 0 Å². The van der Waals surface area contributed by atoms with E-state index in [1.165, 1.54) is 58.2 Å². The van der Waals surface area contributed by atoms with E-state index in [2.05, 4.69) is 31.0 Å². The number of ether oxygens (including phenoxy) is 1. The number of nitrogens with one attached hydrogen (secondary N) is 1. The fraction of sp³-hybridized carbons (Fsp3) is 1.00. The van der Waals surface area contributed by atoms with Crippen LogP contribution in [0.1, 0.15) is 59.3 Å². The second-order valence-electron chi connectivity index (χ2n) is 7.87. The van der Waals surface area contributed by atoms with Gasteiger partial charge in [-0.25, -0.2) is 0 Å². The van der Waals surface area contributed by atoms with E-state index >= 15 is 0 Å². The van der Waals surface area contributed by atoms with E-state index in [0.29, 0.717) is 17.7 Å². The molecule has 3 fully saturated rings. The zero-order valence-electron chi connectivity index (χ0n) is 14.2. The van der Waals surface area contributed by atoms with Crippen molar-refractivity contribution in [3.8, 4) is 0 Å². The Bertz CT molecular complexity index is 338. The molecule has 0 aromatic rings. The van der Waals surface area contributed by atoms with Gasteiger partial charge in [0.25, 0.3) is 0 Å². The SMILES string of the molecule is CCC(C)C1CN(CCC2CCCO2)C(C)(C2CC2)CN1. The molecule has 0 aromatic heterocycles. The van der Waals surface area contributed by atoms with Gasteiger partial charge in [-0.15, -0.1) is 0 Å². The third-order valence-corrected chi connectivity index (χ3v) is 6.39. The van der Waals surface area contributed by atoms with Crippen LogP contribution >= 0.6 is 0 Å². The molecule has 3 heteroatoms. The molecule has 0 spiro atoms. The molecule has 122 valence electrons. The largest absolute Gasteiger partial charge is 0.378 e. The lowest BCUT2D eigenvalue weighted by Gasteiger charge is -2.50. The molecule has 2 heterocycles. The quantitative estimate of drug-likeness (QED) is 0.815. The summed E-state index contributed by atoms with van der Waals surface area (Å²) in [5.74, 6) is 1.70. The number of piperazine rings is 1. The Labute approximate surface area is 130 Å². The zero-order chi connectivity index (χ0) is 14.9. The minimum absolute atomic E-state index is 0.391. The fourth-order valence-corrected chi connectivity index (χ4v) is 4.25. The van der Waals surface area contributed by atoms with Gasteiger partial charge in [-0.05, 0) is 50.9 Å². The average molecular weight is 294 g/mol. The zero-order valence-corrected chi connectivity index (χ0v) is 14.2. The molecule has 0 radical (unpaired) electrons. The summed E-state index contributed by atoms with van der Waals surface area (Å²) >= 11 is 0. The first kappa shape index (κ1) is 15.8. The molecule has 21 heavy (non-hydrogen) atoms. The third kappa shape index (κ3) is 3.46. The Balaban J connectivity index is 1.61. The van der Waals surface area contributed by atoms with E-state index in [-0.39, 0.29) is 0 Å². The van der Waals surface area contributed by atoms with E-state index < -0.39 is 0 Å². The van der Waals surface area contributed by atoms with Crippen molar-refractivity contribution in [2.24, 2.45) is 11.8 Å². The second-order valence-corrected chi connectivity index (χ2v) is 7.87. The Kier molecular flexibility index (Phi) is 4.92. The normalized spacial score (nSPS) is 39.6. The highest BCUT2D eigenvalue weighted by Gasteiger charge is 2.48. The molecule has 0 aromatic carbocycles. The molecule has 4 unspecified atom stereocenters. The van der Waals surface area contributed by atoms with E-state index in [1.807, 2.05) is 0 Å². The molecule has 1 aliphatic carbocycles. The van der Waals surface area contributed by atoms with Crippen molar-refractivity contribution in [2.45, 2.75) is 77.0 Å². The van der Waals surface area contributed by atoms with E-state index in [9.17, 15) is 0 Å². The van der Waals surface area contributed by atoms with Gasteiger partial charge >= 0.3 is 0 Å². The Morgan fingerprint density at radius 2 is 2.14 bits per heavy atom. The first-order valence-corrected chi connectivity index (χ1v) is 9.23. The summed E-state index contributed by atoms with van der Waals surface area (Å²) in [6, 6.07) is 0.673. The lowest BCUT2D eigenvalue weighted by Crippen LogP contribution is -2.65. The molecular formula is C18H34N2O. The topological polar surface area (TPSA) is 24.5 Å². The van der Waals surface area contributed by atoms with Crippen molar-refractivity contribution in [3.05, 3.63) is 0 Å². The van der Waals surface area contributed by atoms with Crippen LogP contribution in [0.2, 0.25) is 0 Å². The van der Waals surface area contributed by atoms with Crippen molar-refractivity contribution in [2.75, 3.05) is 26.2 Å². The average Bonchev–Trinajstić information content (AvgIpc) is 3.24. The summed E-state index contributed by atoms with van der Waals surface area (Å²) in [6.07, 6.45) is 8.45. The van der Waals surface area contributed by atoms with E-state index in [4.69, 9.17) is 4.74 Å². The van der Waals surface area contributed by atoms with Gasteiger partial charge in [0.2, 0.25) is 0 Å². The Hall–Kier alpha value is -0.120. The third-order valence-electron chi connectivity index (χ3n) is 6.39. The van der Waals surface area contributed by atoms with Gasteiger partial charge in [-0.3, -0.25) is 4.90 Å². The number of hydrogen-bond acceptors (Lipinski definition) is 3. The molecular weight excluding hydrogens is 260 g/mol. The predicted molar refractivity (Wildman–Crippen MR) is 87.5 cm³/mol. The molecule has 3 nitrogen and oxygen atoms in total. The first-order chi connectivity index (χ1) is 10.1. The number of nitrogens with zero attached hydrogens (tertiary/aromatic N) is 1. The van der Waals surface area contributed by atoms with Crippen molar-refractivity contribution in [1.29, 1.82) is 0 Å². The maximum atomic E-state index is 5.84. The Morgan fingerprint density at radius 1 is 1.33 bits per heavy atom. The molecule has 2 saturated heterocycles. The maximum Gasteiger partial charge on any atom is 0.0588 e. The summed E-state index contributed by atoms with van der Waals surface area (Å²) in [6.45, 7) is 11.8. The smallest absolute Gasteiger partial charge is 0.0588 e. The molecule has 2 aliphatic heterocycles. The molecule has 4 atom stereocenters. The van der Waals surface area contributed by atoms with Gasteiger partial charge < -0.3 is 10.1 Å². The highest BCUT2D eigenvalue weighted by atomic mass is 16.5. The van der Waals surface area contributed by atoms with Crippen molar-refractivity contribution in [1.82, 2.24) is 10.2 Å². The monoisotopic (exact) mass is 294 g/mol. The molecule has 1 N–H and O–H groups in total. The highest BCUT2D eigenvalue weighted by Crippen LogP contribution is 2.44. The standard InChI is InChI=1S/C18H34N2O/c1-4-14(2)17-12-20(10-9-16-6-5-11-21-16)18(3,13-19-17)15-7-8-15/h14-17,19H,4-13H2,1-3H3. The van der Waals surface area contributed by atoms with Crippen LogP contribution in [-0.4, -0.2) is 48.8 Å². The summed E-state index contributed by atoms with van der Waals surface area (Å²) in [4.78, 5) is 2.82. The van der Waals surface area contributed by atoms with Crippen LogP contribution < -0.4 is 5.32 Å². The van der Waals surface area contributed by atoms with Gasteiger partial charge in [0, 0.05) is 37.8 Å². The van der Waals surface area contributed by atoms with Crippen LogP contribution in [0.4, 0.5) is 0 Å². The minimum atomic E-state index is 0.391. The first-order valence-electron chi connectivity index (χ1n) is 9.23. The van der Waals surface area contributed by atoms with Crippen LogP contribution in [0.5, 0.6) is 0 Å². The molecule has 0 amide bonds. The molecule has 3 rings (SSSR count). The summed E-state index contributed by atoms with van der Waals surface area (Å²) < 4.78 is 5.84. The van der Waals surface area contributed by atoms with E-state index in [1.54, 1.807) is 0 Å². The summed E-state index contributed by atoms with van der Waals surface area (Å²) in [5, 5.41) is 3.87. The van der Waals surface area contributed by atoms with Crippen LogP contribution in [0, 0.1) is 11.8 Å². The van der Waals surface area contributed by atoms with Crippen LogP contribution in [-0.2, 0) is 4.74 Å². The van der Waals surface area contributed by atoms with Crippen LogP contribution in [0.25, 0.3) is 0 Å². The van der Waals surface area contributed by atoms with Crippen molar-refractivity contribution in [3.63, 3.8) is 0 Å². The lowest BCUT2D eigenvalue weighted by atomic mass is 9.86. The number of hydrogen-bond donors (Lipinski definition) is 1. The predicted octanol–water partition coefficient (Wildman–Crippen LogP) is 3.04. The van der Waals surface area contributed by atoms with Gasteiger partial charge in [0.1, 0.15) is 0 Å². The van der Waals surface area contributed by atoms with Gasteiger partial charge in [0.05, 0.1) is 6.10 Å². The molecule has 3 aliphatic rings. The second kappa shape index (κ2) is 6.55. The Morgan fingerprint density at radius 3 is 2.76 bits per heavy atom. The van der Waals surface area contributed by atoms with Crippen LogP contribution in [0.15, 0.2) is 0 Å². The minimum Gasteiger partial charge on any atom is -0.378 e. The van der Waals surface area contributed by atoms with Crippen molar-refractivity contribution < 1.29 is 4.74 Å². The van der Waals surface area contributed by atoms with Gasteiger partial charge in [0.15, 0.2) is 0 Å². The van der Waals surface area contributed by atoms with E-state index in [0.717, 1.165) is 18.4 Å². The number of rotatable bonds is 6. The lowest BCUT2D eigenvalue weighted by molar-refractivity contribution is 0.00806. The molecule has 0 bridgehead atoms. The summed E-state index contributed by atoms with van der Waals surface area (Å²) in [7, 11) is 0. The fourth-order valence-electron chi connectivity index (χ4n) is 4.25. The van der Waals surface area contributed by atoms with Gasteiger partial charge in [-0.2, -0.15) is 0 Å². The van der Waals surface area contributed by atoms with Gasteiger partial charge in [-0.1, -0.05) is 20.3 Å². The maximum absolute atomic E-state index is 5.84. The highest BCUT2D eigenvalue weighted by molar-refractivity contribution is 5.05. The van der Waals surface area contributed by atoms with Crippen molar-refractivity contribution >= 4 is 0 Å².